The standard InChI is InChI=1S/C27H40N2O/c1-6-8-16-28-20(3)25-18-27(26-17-24(30-5)15-14-23(26)7-2)29(21(25)4)19-22-12-10-9-11-13-22/h14-15,17-18,22,28H,3,6-13,16,19H2,1-2,4-5H3. The van der Waals surface area contributed by atoms with Crippen LogP contribution in [0.3, 0.4) is 0 Å². The van der Waals surface area contributed by atoms with Crippen molar-refractivity contribution in [3.63, 3.8) is 0 Å². The van der Waals surface area contributed by atoms with Crippen LogP contribution in [-0.2, 0) is 13.0 Å². The minimum atomic E-state index is 0.772. The van der Waals surface area contributed by atoms with E-state index in [2.05, 4.69) is 61.5 Å². The summed E-state index contributed by atoms with van der Waals surface area (Å²) in [7, 11) is 1.75. The fourth-order valence-corrected chi connectivity index (χ4v) is 4.78. The molecule has 164 valence electrons. The summed E-state index contributed by atoms with van der Waals surface area (Å²) >= 11 is 0. The highest BCUT2D eigenvalue weighted by atomic mass is 16.5. The highest BCUT2D eigenvalue weighted by Crippen LogP contribution is 2.36. The van der Waals surface area contributed by atoms with Crippen molar-refractivity contribution in [3.8, 4) is 17.0 Å². The summed E-state index contributed by atoms with van der Waals surface area (Å²) in [4.78, 5) is 0. The first kappa shape index (κ1) is 22.5. The van der Waals surface area contributed by atoms with Gasteiger partial charge in [0, 0.05) is 41.3 Å². The predicted molar refractivity (Wildman–Crippen MR) is 129 cm³/mol. The SMILES string of the molecule is C=C(NCCCC)c1cc(-c2cc(OC)ccc2CC)n(CC2CCCCC2)c1C. The first-order valence-electron chi connectivity index (χ1n) is 11.9. The molecule has 0 bridgehead atoms. The molecular formula is C27H40N2O. The third-order valence-electron chi connectivity index (χ3n) is 6.70. The second-order valence-corrected chi connectivity index (χ2v) is 8.78. The Morgan fingerprint density at radius 1 is 1.17 bits per heavy atom. The van der Waals surface area contributed by atoms with Crippen molar-refractivity contribution in [2.24, 2.45) is 5.92 Å². The monoisotopic (exact) mass is 408 g/mol. The van der Waals surface area contributed by atoms with E-state index in [-0.39, 0.29) is 0 Å². The van der Waals surface area contributed by atoms with Crippen LogP contribution in [0.2, 0.25) is 0 Å². The number of unbranched alkanes of at least 4 members (excludes halogenated alkanes) is 1. The fraction of sp³-hybridized carbons (Fsp3) is 0.556. The number of rotatable bonds is 10. The fourth-order valence-electron chi connectivity index (χ4n) is 4.78. The van der Waals surface area contributed by atoms with Gasteiger partial charge >= 0.3 is 0 Å². The Labute approximate surface area is 183 Å². The van der Waals surface area contributed by atoms with Gasteiger partial charge in [0.15, 0.2) is 0 Å². The maximum Gasteiger partial charge on any atom is 0.119 e. The largest absolute Gasteiger partial charge is 0.497 e. The van der Waals surface area contributed by atoms with Crippen LogP contribution in [-0.4, -0.2) is 18.2 Å². The summed E-state index contributed by atoms with van der Waals surface area (Å²) in [6.07, 6.45) is 10.2. The lowest BCUT2D eigenvalue weighted by Crippen LogP contribution is -2.17. The maximum absolute atomic E-state index is 5.58. The van der Waals surface area contributed by atoms with Crippen molar-refractivity contribution in [1.82, 2.24) is 9.88 Å². The van der Waals surface area contributed by atoms with Crippen LogP contribution >= 0.6 is 0 Å². The van der Waals surface area contributed by atoms with Gasteiger partial charge in [0.1, 0.15) is 5.75 Å². The van der Waals surface area contributed by atoms with Crippen molar-refractivity contribution in [2.45, 2.75) is 78.7 Å². The van der Waals surface area contributed by atoms with Gasteiger partial charge in [-0.2, -0.15) is 0 Å². The smallest absolute Gasteiger partial charge is 0.119 e. The van der Waals surface area contributed by atoms with Crippen LogP contribution < -0.4 is 10.1 Å². The van der Waals surface area contributed by atoms with Crippen molar-refractivity contribution in [2.75, 3.05) is 13.7 Å². The number of ether oxygens (including phenoxy) is 1. The molecule has 1 aromatic heterocycles. The van der Waals surface area contributed by atoms with Gasteiger partial charge in [-0.1, -0.05) is 52.2 Å². The van der Waals surface area contributed by atoms with E-state index in [1.807, 2.05) is 0 Å². The van der Waals surface area contributed by atoms with Crippen molar-refractivity contribution < 1.29 is 4.74 Å². The maximum atomic E-state index is 5.58. The Morgan fingerprint density at radius 3 is 2.60 bits per heavy atom. The Hall–Kier alpha value is -2.16. The van der Waals surface area contributed by atoms with Gasteiger partial charge in [0.25, 0.3) is 0 Å². The Balaban J connectivity index is 2.03. The van der Waals surface area contributed by atoms with Crippen molar-refractivity contribution in [3.05, 3.63) is 47.7 Å². The zero-order valence-corrected chi connectivity index (χ0v) is 19.5. The van der Waals surface area contributed by atoms with Gasteiger partial charge in [0.05, 0.1) is 7.11 Å². The Kier molecular flexibility index (Phi) is 8.07. The van der Waals surface area contributed by atoms with Gasteiger partial charge in [-0.3, -0.25) is 0 Å². The van der Waals surface area contributed by atoms with E-state index in [1.165, 1.54) is 73.0 Å². The number of hydrogen-bond acceptors (Lipinski definition) is 2. The van der Waals surface area contributed by atoms with E-state index in [0.29, 0.717) is 0 Å². The summed E-state index contributed by atoms with van der Waals surface area (Å²) in [5, 5.41) is 3.55. The second-order valence-electron chi connectivity index (χ2n) is 8.78. The molecule has 2 aromatic rings. The minimum absolute atomic E-state index is 0.772. The predicted octanol–water partition coefficient (Wildman–Crippen LogP) is 6.98. The third kappa shape index (κ3) is 5.11. The minimum Gasteiger partial charge on any atom is -0.497 e. The molecule has 0 atom stereocenters. The quantitative estimate of drug-likeness (QED) is 0.429. The summed E-state index contributed by atoms with van der Waals surface area (Å²) in [5.74, 6) is 1.69. The third-order valence-corrected chi connectivity index (χ3v) is 6.70. The van der Waals surface area contributed by atoms with Crippen LogP contribution in [0.15, 0.2) is 30.8 Å². The number of aryl methyl sites for hydroxylation is 1. The summed E-state index contributed by atoms with van der Waals surface area (Å²) in [6.45, 7) is 13.2. The van der Waals surface area contributed by atoms with Crippen LogP contribution in [0.5, 0.6) is 5.75 Å². The number of nitrogens with zero attached hydrogens (tertiary/aromatic N) is 1. The molecule has 0 amide bonds. The molecule has 3 heteroatoms. The van der Waals surface area contributed by atoms with Crippen molar-refractivity contribution >= 4 is 5.70 Å². The normalized spacial score (nSPS) is 14.7. The van der Waals surface area contributed by atoms with E-state index in [0.717, 1.165) is 36.9 Å². The highest BCUT2D eigenvalue weighted by molar-refractivity contribution is 5.75. The van der Waals surface area contributed by atoms with Gasteiger partial charge < -0.3 is 14.6 Å². The number of benzene rings is 1. The number of methoxy groups -OCH3 is 1. The topological polar surface area (TPSA) is 26.2 Å². The first-order chi connectivity index (χ1) is 14.6. The van der Waals surface area contributed by atoms with Crippen LogP contribution in [0, 0.1) is 12.8 Å². The molecule has 3 nitrogen and oxygen atoms in total. The molecule has 0 aliphatic heterocycles. The van der Waals surface area contributed by atoms with Crippen LogP contribution in [0.4, 0.5) is 0 Å². The molecule has 1 heterocycles. The summed E-state index contributed by atoms with van der Waals surface area (Å²) < 4.78 is 8.14. The summed E-state index contributed by atoms with van der Waals surface area (Å²) in [5.41, 5.74) is 7.60. The van der Waals surface area contributed by atoms with Crippen molar-refractivity contribution in [1.29, 1.82) is 0 Å². The lowest BCUT2D eigenvalue weighted by atomic mass is 9.89. The average molecular weight is 409 g/mol. The van der Waals surface area contributed by atoms with Crippen LogP contribution in [0.25, 0.3) is 17.0 Å². The number of nitrogens with one attached hydrogen (secondary N) is 1. The van der Waals surface area contributed by atoms with Crippen LogP contribution in [0.1, 0.15) is 75.6 Å². The molecule has 0 spiro atoms. The van der Waals surface area contributed by atoms with E-state index >= 15 is 0 Å². The molecule has 0 unspecified atom stereocenters. The molecule has 1 fully saturated rings. The Morgan fingerprint density at radius 2 is 1.93 bits per heavy atom. The number of aromatic nitrogens is 1. The van der Waals surface area contributed by atoms with Gasteiger partial charge in [0.2, 0.25) is 0 Å². The molecule has 1 aliphatic rings. The zero-order valence-electron chi connectivity index (χ0n) is 19.5. The van der Waals surface area contributed by atoms with Gasteiger partial charge in [-0.25, -0.2) is 0 Å². The first-order valence-corrected chi connectivity index (χ1v) is 11.9. The molecule has 0 radical (unpaired) electrons. The molecule has 1 aliphatic carbocycles. The second kappa shape index (κ2) is 10.7. The molecule has 1 aromatic carbocycles. The molecule has 1 saturated carbocycles. The van der Waals surface area contributed by atoms with E-state index in [4.69, 9.17) is 4.74 Å². The van der Waals surface area contributed by atoms with Gasteiger partial charge in [-0.15, -0.1) is 0 Å². The lowest BCUT2D eigenvalue weighted by molar-refractivity contribution is 0.319. The summed E-state index contributed by atoms with van der Waals surface area (Å²) in [6, 6.07) is 8.86. The molecule has 1 N–H and O–H groups in total. The molecule has 30 heavy (non-hydrogen) atoms. The molecule has 3 rings (SSSR count). The van der Waals surface area contributed by atoms with Gasteiger partial charge in [-0.05, 0) is 62.3 Å². The van der Waals surface area contributed by atoms with E-state index in [1.54, 1.807) is 7.11 Å². The zero-order chi connectivity index (χ0) is 21.5. The lowest BCUT2D eigenvalue weighted by Gasteiger charge is -2.25. The molecular weight excluding hydrogens is 368 g/mol. The highest BCUT2D eigenvalue weighted by Gasteiger charge is 2.21. The Bertz CT molecular complexity index is 843. The van der Waals surface area contributed by atoms with E-state index < -0.39 is 0 Å². The number of hydrogen-bond donors (Lipinski definition) is 1. The average Bonchev–Trinajstić information content (AvgIpc) is 3.10. The molecule has 0 saturated heterocycles. The van der Waals surface area contributed by atoms with E-state index in [9.17, 15) is 0 Å².